The second kappa shape index (κ2) is 3.96. The molecule has 0 bridgehead atoms. The number of nitrogens with one attached hydrogen (secondary N) is 1. The van der Waals surface area contributed by atoms with Crippen LogP contribution in [0.25, 0.3) is 0 Å². The van der Waals surface area contributed by atoms with Crippen LogP contribution in [0.3, 0.4) is 0 Å². The normalized spacial score (nSPS) is 17.0. The highest BCUT2D eigenvalue weighted by Gasteiger charge is 2.34. The van der Waals surface area contributed by atoms with Crippen LogP contribution in [0, 0.1) is 5.82 Å². The molecule has 5 heteroatoms. The monoisotopic (exact) mass is 233 g/mol. The molecule has 0 heterocycles. The van der Waals surface area contributed by atoms with E-state index < -0.39 is 17.6 Å². The van der Waals surface area contributed by atoms with Crippen LogP contribution in [0.1, 0.15) is 24.8 Å². The van der Waals surface area contributed by atoms with Crippen molar-refractivity contribution in [3.05, 3.63) is 29.6 Å². The van der Waals surface area contributed by atoms with E-state index in [0.717, 1.165) is 31.4 Å². The lowest BCUT2D eigenvalue weighted by Crippen LogP contribution is -2.27. The molecule has 1 N–H and O–H groups in total. The number of rotatable bonds is 2. The molecule has 1 fully saturated rings. The maximum Gasteiger partial charge on any atom is 0.419 e. The first-order valence-electron chi connectivity index (χ1n) is 5.10. The molecule has 0 amide bonds. The van der Waals surface area contributed by atoms with Crippen LogP contribution in [-0.2, 0) is 6.18 Å². The van der Waals surface area contributed by atoms with Crippen LogP contribution >= 0.6 is 0 Å². The quantitative estimate of drug-likeness (QED) is 0.766. The van der Waals surface area contributed by atoms with Crippen molar-refractivity contribution in [3.8, 4) is 0 Å². The van der Waals surface area contributed by atoms with Crippen LogP contribution in [0.15, 0.2) is 18.2 Å². The van der Waals surface area contributed by atoms with Gasteiger partial charge in [-0.1, -0.05) is 0 Å². The first-order valence-corrected chi connectivity index (χ1v) is 5.10. The standard InChI is InChI=1S/C11H11F4N/c12-10-5-4-8(16-7-2-1-3-7)6-9(10)11(13,14)15/h4-7,16H,1-3H2. The second-order valence-corrected chi connectivity index (χ2v) is 3.96. The van der Waals surface area contributed by atoms with Gasteiger partial charge in [-0.15, -0.1) is 0 Å². The molecule has 0 spiro atoms. The van der Waals surface area contributed by atoms with E-state index in [1.54, 1.807) is 0 Å². The lowest BCUT2D eigenvalue weighted by Gasteiger charge is -2.27. The van der Waals surface area contributed by atoms with Crippen LogP contribution in [0.2, 0.25) is 0 Å². The molecule has 1 nitrogen and oxygen atoms in total. The smallest absolute Gasteiger partial charge is 0.382 e. The van der Waals surface area contributed by atoms with E-state index in [1.807, 2.05) is 0 Å². The van der Waals surface area contributed by atoms with Gasteiger partial charge in [-0.05, 0) is 37.5 Å². The Morgan fingerprint density at radius 2 is 1.88 bits per heavy atom. The van der Waals surface area contributed by atoms with Crippen molar-refractivity contribution in [1.82, 2.24) is 0 Å². The Morgan fingerprint density at radius 3 is 2.38 bits per heavy atom. The summed E-state index contributed by atoms with van der Waals surface area (Å²) in [7, 11) is 0. The first-order chi connectivity index (χ1) is 7.47. The van der Waals surface area contributed by atoms with E-state index in [2.05, 4.69) is 5.32 Å². The molecule has 0 unspecified atom stereocenters. The first kappa shape index (κ1) is 11.2. The van der Waals surface area contributed by atoms with Crippen LogP contribution in [-0.4, -0.2) is 6.04 Å². The summed E-state index contributed by atoms with van der Waals surface area (Å²) in [5.74, 6) is -1.23. The van der Waals surface area contributed by atoms with Gasteiger partial charge in [0, 0.05) is 11.7 Å². The molecule has 1 aromatic carbocycles. The topological polar surface area (TPSA) is 12.0 Å². The summed E-state index contributed by atoms with van der Waals surface area (Å²) in [6, 6.07) is 3.24. The van der Waals surface area contributed by atoms with Gasteiger partial charge in [-0.25, -0.2) is 4.39 Å². The van der Waals surface area contributed by atoms with Crippen molar-refractivity contribution >= 4 is 5.69 Å². The van der Waals surface area contributed by atoms with Gasteiger partial charge in [0.05, 0.1) is 5.56 Å². The predicted octanol–water partition coefficient (Wildman–Crippen LogP) is 3.81. The van der Waals surface area contributed by atoms with E-state index in [9.17, 15) is 17.6 Å². The maximum absolute atomic E-state index is 13.0. The van der Waals surface area contributed by atoms with Crippen molar-refractivity contribution in [2.45, 2.75) is 31.5 Å². The minimum Gasteiger partial charge on any atom is -0.382 e. The molecule has 0 saturated heterocycles. The third kappa shape index (κ3) is 2.28. The Balaban J connectivity index is 2.20. The summed E-state index contributed by atoms with van der Waals surface area (Å²) >= 11 is 0. The summed E-state index contributed by atoms with van der Waals surface area (Å²) in [6.45, 7) is 0. The Hall–Kier alpha value is -1.26. The fourth-order valence-corrected chi connectivity index (χ4v) is 1.62. The van der Waals surface area contributed by atoms with E-state index in [-0.39, 0.29) is 6.04 Å². The molecule has 1 aromatic rings. The molecule has 1 saturated carbocycles. The summed E-state index contributed by atoms with van der Waals surface area (Å²) < 4.78 is 50.1. The summed E-state index contributed by atoms with van der Waals surface area (Å²) in [4.78, 5) is 0. The molecular weight excluding hydrogens is 222 g/mol. The molecule has 0 aromatic heterocycles. The molecule has 0 aliphatic heterocycles. The van der Waals surface area contributed by atoms with Crippen molar-refractivity contribution < 1.29 is 17.6 Å². The highest BCUT2D eigenvalue weighted by molar-refractivity contribution is 5.48. The zero-order valence-electron chi connectivity index (χ0n) is 8.44. The van der Waals surface area contributed by atoms with Gasteiger partial charge in [-0.3, -0.25) is 0 Å². The number of anilines is 1. The highest BCUT2D eigenvalue weighted by Crippen LogP contribution is 2.33. The predicted molar refractivity (Wildman–Crippen MR) is 52.7 cm³/mol. The molecule has 88 valence electrons. The maximum atomic E-state index is 13.0. The van der Waals surface area contributed by atoms with Crippen molar-refractivity contribution in [3.63, 3.8) is 0 Å². The molecule has 1 aliphatic carbocycles. The average molecular weight is 233 g/mol. The minimum atomic E-state index is -4.64. The molecular formula is C11H11F4N. The van der Waals surface area contributed by atoms with E-state index in [1.165, 1.54) is 6.07 Å². The summed E-state index contributed by atoms with van der Waals surface area (Å²) in [5.41, 5.74) is -0.879. The zero-order chi connectivity index (χ0) is 11.8. The number of benzene rings is 1. The second-order valence-electron chi connectivity index (χ2n) is 3.96. The molecule has 16 heavy (non-hydrogen) atoms. The molecule has 1 aliphatic rings. The Kier molecular flexibility index (Phi) is 2.78. The summed E-state index contributed by atoms with van der Waals surface area (Å²) in [5, 5.41) is 2.95. The van der Waals surface area contributed by atoms with Gasteiger partial charge in [0.25, 0.3) is 0 Å². The Morgan fingerprint density at radius 1 is 1.19 bits per heavy atom. The van der Waals surface area contributed by atoms with Crippen LogP contribution in [0.5, 0.6) is 0 Å². The van der Waals surface area contributed by atoms with Gasteiger partial charge < -0.3 is 5.32 Å². The largest absolute Gasteiger partial charge is 0.419 e. The third-order valence-corrected chi connectivity index (χ3v) is 2.75. The molecule has 0 atom stereocenters. The van der Waals surface area contributed by atoms with Gasteiger partial charge in [0.15, 0.2) is 0 Å². The van der Waals surface area contributed by atoms with E-state index in [4.69, 9.17) is 0 Å². The average Bonchev–Trinajstić information content (AvgIpc) is 2.12. The fraction of sp³-hybridized carbons (Fsp3) is 0.455. The fourth-order valence-electron chi connectivity index (χ4n) is 1.62. The SMILES string of the molecule is Fc1ccc(NC2CCC2)cc1C(F)(F)F. The Labute approximate surface area is 90.5 Å². The third-order valence-electron chi connectivity index (χ3n) is 2.75. The van der Waals surface area contributed by atoms with Crippen molar-refractivity contribution in [2.75, 3.05) is 5.32 Å². The van der Waals surface area contributed by atoms with Crippen LogP contribution < -0.4 is 5.32 Å². The Bertz CT molecular complexity index is 382. The van der Waals surface area contributed by atoms with Crippen LogP contribution in [0.4, 0.5) is 23.2 Å². The minimum absolute atomic E-state index is 0.228. The van der Waals surface area contributed by atoms with Gasteiger partial charge in [0.2, 0.25) is 0 Å². The number of alkyl halides is 3. The van der Waals surface area contributed by atoms with Crippen molar-refractivity contribution in [2.24, 2.45) is 0 Å². The molecule has 0 radical (unpaired) electrons. The van der Waals surface area contributed by atoms with Gasteiger partial charge >= 0.3 is 6.18 Å². The zero-order valence-corrected chi connectivity index (χ0v) is 8.44. The van der Waals surface area contributed by atoms with E-state index in [0.29, 0.717) is 5.69 Å². The highest BCUT2D eigenvalue weighted by atomic mass is 19.4. The lowest BCUT2D eigenvalue weighted by molar-refractivity contribution is -0.139. The van der Waals surface area contributed by atoms with Gasteiger partial charge in [-0.2, -0.15) is 13.2 Å². The number of hydrogen-bond acceptors (Lipinski definition) is 1. The van der Waals surface area contributed by atoms with Gasteiger partial charge in [0.1, 0.15) is 5.82 Å². The molecule has 2 rings (SSSR count). The number of halogens is 4. The van der Waals surface area contributed by atoms with Crippen molar-refractivity contribution in [1.29, 1.82) is 0 Å². The van der Waals surface area contributed by atoms with E-state index >= 15 is 0 Å². The number of hydrogen-bond donors (Lipinski definition) is 1. The lowest BCUT2D eigenvalue weighted by atomic mass is 9.93. The summed E-state index contributed by atoms with van der Waals surface area (Å²) in [6.07, 6.45) is -1.64.